The topological polar surface area (TPSA) is 49.9 Å². The van der Waals surface area contributed by atoms with E-state index in [-0.39, 0.29) is 29.3 Å². The van der Waals surface area contributed by atoms with Gasteiger partial charge in [-0.05, 0) is 55.9 Å². The smallest absolute Gasteiger partial charge is 0.225 e. The molecule has 1 aromatic carbocycles. The number of hydrogen-bond donors (Lipinski definition) is 0. The second-order valence-corrected chi connectivity index (χ2v) is 9.03. The summed E-state index contributed by atoms with van der Waals surface area (Å²) in [6, 6.07) is 5.82. The number of hydrogen-bond acceptors (Lipinski definition) is 3. The number of carbonyl (C=O) groups excluding carboxylic acids is 2. The summed E-state index contributed by atoms with van der Waals surface area (Å²) < 4.78 is 5.50. The summed E-state index contributed by atoms with van der Waals surface area (Å²) in [6.45, 7) is 3.79. The van der Waals surface area contributed by atoms with E-state index < -0.39 is 0 Å². The van der Waals surface area contributed by atoms with Crippen molar-refractivity contribution in [1.82, 2.24) is 4.90 Å². The van der Waals surface area contributed by atoms with Crippen LogP contribution < -0.4 is 4.90 Å². The Kier molecular flexibility index (Phi) is 5.41. The Bertz CT molecular complexity index is 773. The predicted molar refractivity (Wildman–Crippen MR) is 110 cm³/mol. The summed E-state index contributed by atoms with van der Waals surface area (Å²) in [5.74, 6) is 0.433. The van der Waals surface area contributed by atoms with Crippen LogP contribution in [-0.4, -0.2) is 49.6 Å². The highest BCUT2D eigenvalue weighted by atomic mass is 35.5. The number of rotatable bonds is 2. The molecule has 0 radical (unpaired) electrons. The van der Waals surface area contributed by atoms with Crippen molar-refractivity contribution >= 4 is 29.1 Å². The quantitative estimate of drug-likeness (QED) is 0.753. The third-order valence-corrected chi connectivity index (χ3v) is 7.24. The van der Waals surface area contributed by atoms with Crippen LogP contribution in [0.5, 0.6) is 0 Å². The SMILES string of the molecule is CO[C@@H]1CCC[C@@H](C(=O)N2CCC3(CC2)CN(C(C)=O)c2ccc(Cl)cc23)C1. The molecule has 1 saturated carbocycles. The average molecular weight is 405 g/mol. The zero-order chi connectivity index (χ0) is 19.9. The van der Waals surface area contributed by atoms with Crippen molar-refractivity contribution in [1.29, 1.82) is 0 Å². The van der Waals surface area contributed by atoms with E-state index in [0.717, 1.165) is 57.3 Å². The van der Waals surface area contributed by atoms with Crippen LogP contribution in [0.1, 0.15) is 51.0 Å². The molecule has 1 aromatic rings. The minimum atomic E-state index is -0.0929. The maximum absolute atomic E-state index is 13.1. The molecule has 152 valence electrons. The van der Waals surface area contributed by atoms with Gasteiger partial charge < -0.3 is 14.5 Å². The highest BCUT2D eigenvalue weighted by molar-refractivity contribution is 6.30. The summed E-state index contributed by atoms with van der Waals surface area (Å²) in [6.07, 6.45) is 5.89. The van der Waals surface area contributed by atoms with Crippen molar-refractivity contribution in [3.63, 3.8) is 0 Å². The minimum absolute atomic E-state index is 0.0618. The number of likely N-dealkylation sites (tertiary alicyclic amines) is 1. The molecule has 1 saturated heterocycles. The maximum atomic E-state index is 13.1. The lowest BCUT2D eigenvalue weighted by molar-refractivity contribution is -0.139. The standard InChI is InChI=1S/C22H29ClN2O3/c1-15(26)25-14-22(19-13-17(23)6-7-20(19)25)8-10-24(11-9-22)21(27)16-4-3-5-18(12-16)28-2/h6-7,13,16,18H,3-5,8-12,14H2,1-2H3/t16-,18-/m1/s1. The Morgan fingerprint density at radius 2 is 1.96 bits per heavy atom. The van der Waals surface area contributed by atoms with Gasteiger partial charge in [0.25, 0.3) is 0 Å². The molecule has 6 heteroatoms. The van der Waals surface area contributed by atoms with Crippen LogP contribution in [0.2, 0.25) is 5.02 Å². The lowest BCUT2D eigenvalue weighted by atomic mass is 9.74. The molecule has 2 atom stereocenters. The fraction of sp³-hybridized carbons (Fsp3) is 0.636. The fourth-order valence-corrected chi connectivity index (χ4v) is 5.52. The molecule has 5 nitrogen and oxygen atoms in total. The monoisotopic (exact) mass is 404 g/mol. The number of piperidine rings is 1. The summed E-state index contributed by atoms with van der Waals surface area (Å²) in [5, 5.41) is 0.704. The van der Waals surface area contributed by atoms with Crippen LogP contribution >= 0.6 is 11.6 Å². The third kappa shape index (κ3) is 3.43. The first-order valence-electron chi connectivity index (χ1n) is 10.3. The maximum Gasteiger partial charge on any atom is 0.225 e. The summed E-state index contributed by atoms with van der Waals surface area (Å²) in [5.41, 5.74) is 2.05. The lowest BCUT2D eigenvalue weighted by Gasteiger charge is -2.41. The van der Waals surface area contributed by atoms with Gasteiger partial charge in [-0.1, -0.05) is 18.0 Å². The second kappa shape index (κ2) is 7.68. The van der Waals surface area contributed by atoms with Crippen LogP contribution in [0.15, 0.2) is 18.2 Å². The normalized spacial score (nSPS) is 26.4. The van der Waals surface area contributed by atoms with Crippen molar-refractivity contribution in [3.8, 4) is 0 Å². The van der Waals surface area contributed by atoms with E-state index in [1.54, 1.807) is 14.0 Å². The van der Waals surface area contributed by atoms with Crippen molar-refractivity contribution in [3.05, 3.63) is 28.8 Å². The first kappa shape index (κ1) is 19.7. The number of methoxy groups -OCH3 is 1. The molecule has 0 aromatic heterocycles. The largest absolute Gasteiger partial charge is 0.381 e. The van der Waals surface area contributed by atoms with Gasteiger partial charge in [0.1, 0.15) is 0 Å². The number of fused-ring (bicyclic) bond motifs is 2. The van der Waals surface area contributed by atoms with Gasteiger partial charge in [-0.3, -0.25) is 9.59 Å². The zero-order valence-corrected chi connectivity index (χ0v) is 17.5. The van der Waals surface area contributed by atoms with E-state index in [9.17, 15) is 9.59 Å². The van der Waals surface area contributed by atoms with Crippen LogP contribution in [0.25, 0.3) is 0 Å². The molecule has 2 heterocycles. The Morgan fingerprint density at radius 1 is 1.21 bits per heavy atom. The van der Waals surface area contributed by atoms with E-state index in [4.69, 9.17) is 16.3 Å². The van der Waals surface area contributed by atoms with E-state index in [2.05, 4.69) is 0 Å². The van der Waals surface area contributed by atoms with Gasteiger partial charge in [-0.15, -0.1) is 0 Å². The Hall–Kier alpha value is -1.59. The van der Waals surface area contributed by atoms with E-state index in [1.165, 1.54) is 5.56 Å². The first-order valence-corrected chi connectivity index (χ1v) is 10.7. The summed E-state index contributed by atoms with van der Waals surface area (Å²) in [7, 11) is 1.74. The molecule has 0 N–H and O–H groups in total. The Labute approximate surface area is 172 Å². The molecule has 2 fully saturated rings. The van der Waals surface area contributed by atoms with Gasteiger partial charge in [0, 0.05) is 55.7 Å². The predicted octanol–water partition coefficient (Wildman–Crippen LogP) is 3.77. The number of halogens is 1. The molecular formula is C22H29ClN2O3. The van der Waals surface area contributed by atoms with Crippen molar-refractivity contribution in [2.75, 3.05) is 31.6 Å². The molecule has 2 amide bonds. The zero-order valence-electron chi connectivity index (χ0n) is 16.7. The number of anilines is 1. The van der Waals surface area contributed by atoms with Crippen LogP contribution in [0.3, 0.4) is 0 Å². The van der Waals surface area contributed by atoms with E-state index in [1.807, 2.05) is 28.0 Å². The molecule has 4 rings (SSSR count). The summed E-state index contributed by atoms with van der Waals surface area (Å²) in [4.78, 5) is 29.2. The van der Waals surface area contributed by atoms with Gasteiger partial charge in [0.2, 0.25) is 11.8 Å². The molecule has 28 heavy (non-hydrogen) atoms. The van der Waals surface area contributed by atoms with E-state index >= 15 is 0 Å². The molecular weight excluding hydrogens is 376 g/mol. The van der Waals surface area contributed by atoms with E-state index in [0.29, 0.717) is 11.6 Å². The van der Waals surface area contributed by atoms with Gasteiger partial charge in [0.15, 0.2) is 0 Å². The van der Waals surface area contributed by atoms with Crippen molar-refractivity contribution in [2.24, 2.45) is 5.92 Å². The summed E-state index contributed by atoms with van der Waals surface area (Å²) >= 11 is 6.28. The Balaban J connectivity index is 1.49. The first-order chi connectivity index (χ1) is 13.4. The van der Waals surface area contributed by atoms with Gasteiger partial charge in [-0.25, -0.2) is 0 Å². The lowest BCUT2D eigenvalue weighted by Crippen LogP contribution is -2.49. The molecule has 0 bridgehead atoms. The van der Waals surface area contributed by atoms with Crippen LogP contribution in [-0.2, 0) is 19.7 Å². The molecule has 0 unspecified atom stereocenters. The number of amides is 2. The highest BCUT2D eigenvalue weighted by Crippen LogP contribution is 2.48. The highest BCUT2D eigenvalue weighted by Gasteiger charge is 2.47. The number of ether oxygens (including phenoxy) is 1. The molecule has 2 aliphatic heterocycles. The van der Waals surface area contributed by atoms with Crippen molar-refractivity contribution < 1.29 is 14.3 Å². The minimum Gasteiger partial charge on any atom is -0.381 e. The molecule has 1 aliphatic carbocycles. The van der Waals surface area contributed by atoms with Gasteiger partial charge in [-0.2, -0.15) is 0 Å². The van der Waals surface area contributed by atoms with Gasteiger partial charge in [0.05, 0.1) is 6.10 Å². The molecule has 1 spiro atoms. The number of nitrogens with zero attached hydrogens (tertiary/aromatic N) is 2. The molecule has 3 aliphatic rings. The van der Waals surface area contributed by atoms with Crippen LogP contribution in [0.4, 0.5) is 5.69 Å². The fourth-order valence-electron chi connectivity index (χ4n) is 5.35. The number of benzene rings is 1. The second-order valence-electron chi connectivity index (χ2n) is 8.59. The average Bonchev–Trinajstić information content (AvgIpc) is 3.02. The Morgan fingerprint density at radius 3 is 2.64 bits per heavy atom. The van der Waals surface area contributed by atoms with Crippen LogP contribution in [0, 0.1) is 5.92 Å². The number of carbonyl (C=O) groups is 2. The third-order valence-electron chi connectivity index (χ3n) is 7.00. The van der Waals surface area contributed by atoms with Crippen molar-refractivity contribution in [2.45, 2.75) is 57.0 Å². The van der Waals surface area contributed by atoms with Gasteiger partial charge >= 0.3 is 0 Å².